The van der Waals surface area contributed by atoms with Gasteiger partial charge in [-0.3, -0.25) is 9.36 Å². The van der Waals surface area contributed by atoms with Crippen LogP contribution in [0.2, 0.25) is 0 Å². The van der Waals surface area contributed by atoms with Crippen LogP contribution in [0.1, 0.15) is 19.8 Å². The highest BCUT2D eigenvalue weighted by Gasteiger charge is 2.16. The molecule has 0 saturated carbocycles. The van der Waals surface area contributed by atoms with Crippen LogP contribution in [0.5, 0.6) is 0 Å². The lowest BCUT2D eigenvalue weighted by Gasteiger charge is -2.30. The van der Waals surface area contributed by atoms with E-state index in [1.54, 1.807) is 10.9 Å². The zero-order valence-electron chi connectivity index (χ0n) is 11.2. The summed E-state index contributed by atoms with van der Waals surface area (Å²) >= 11 is 1.48. The van der Waals surface area contributed by atoms with Crippen molar-refractivity contribution in [1.82, 2.24) is 14.5 Å². The van der Waals surface area contributed by atoms with Crippen molar-refractivity contribution in [3.8, 4) is 0 Å². The number of thiophene rings is 1. The molecule has 1 saturated heterocycles. The number of nitrogens with zero attached hydrogens (tertiary/aromatic N) is 3. The molecule has 1 fully saturated rings. The van der Waals surface area contributed by atoms with E-state index >= 15 is 0 Å². The molecule has 1 unspecified atom stereocenters. The van der Waals surface area contributed by atoms with E-state index in [-0.39, 0.29) is 5.56 Å². The Morgan fingerprint density at radius 1 is 1.47 bits per heavy atom. The van der Waals surface area contributed by atoms with Gasteiger partial charge in [0.1, 0.15) is 4.70 Å². The summed E-state index contributed by atoms with van der Waals surface area (Å²) in [6.07, 6.45) is 4.29. The molecule has 2 aromatic rings. The lowest BCUT2D eigenvalue weighted by molar-refractivity contribution is 0.177. The molecule has 0 aliphatic carbocycles. The number of likely N-dealkylation sites (tertiary alicyclic amines) is 1. The minimum Gasteiger partial charge on any atom is -0.301 e. The third-order valence-electron chi connectivity index (χ3n) is 3.83. The highest BCUT2D eigenvalue weighted by atomic mass is 32.1. The van der Waals surface area contributed by atoms with Gasteiger partial charge in [0.05, 0.1) is 11.8 Å². The Labute approximate surface area is 116 Å². The summed E-state index contributed by atoms with van der Waals surface area (Å²) in [6, 6.07) is 1.90. The molecule has 0 radical (unpaired) electrons. The summed E-state index contributed by atoms with van der Waals surface area (Å²) in [6.45, 7) is 6.31. The topological polar surface area (TPSA) is 38.1 Å². The van der Waals surface area contributed by atoms with E-state index in [4.69, 9.17) is 0 Å². The first kappa shape index (κ1) is 12.8. The summed E-state index contributed by atoms with van der Waals surface area (Å²) in [7, 11) is 0. The number of rotatable bonds is 3. The first-order chi connectivity index (χ1) is 9.24. The fraction of sp³-hybridized carbons (Fsp3) is 0.571. The summed E-state index contributed by atoms with van der Waals surface area (Å²) in [5, 5.41) is 1.93. The quantitative estimate of drug-likeness (QED) is 0.863. The zero-order valence-corrected chi connectivity index (χ0v) is 12.0. The fourth-order valence-corrected chi connectivity index (χ4v) is 3.57. The van der Waals surface area contributed by atoms with Gasteiger partial charge in [0.2, 0.25) is 0 Å². The van der Waals surface area contributed by atoms with Gasteiger partial charge in [-0.25, -0.2) is 4.98 Å². The van der Waals surface area contributed by atoms with Crippen LogP contribution < -0.4 is 5.56 Å². The molecular weight excluding hydrogens is 258 g/mol. The van der Waals surface area contributed by atoms with Crippen molar-refractivity contribution < 1.29 is 0 Å². The highest BCUT2D eigenvalue weighted by Crippen LogP contribution is 2.15. The van der Waals surface area contributed by atoms with Gasteiger partial charge in [0.15, 0.2) is 0 Å². The standard InChI is InChI=1S/C14H19N3OS/c1-11-3-2-5-16(9-11)6-7-17-10-15-12-4-8-19-13(12)14(17)18/h4,8,10-11H,2-3,5-7,9H2,1H3. The van der Waals surface area contributed by atoms with E-state index < -0.39 is 0 Å². The Balaban J connectivity index is 1.71. The predicted molar refractivity (Wildman–Crippen MR) is 78.7 cm³/mol. The van der Waals surface area contributed by atoms with Crippen LogP contribution >= 0.6 is 11.3 Å². The van der Waals surface area contributed by atoms with E-state index in [2.05, 4.69) is 16.8 Å². The number of piperidine rings is 1. The second-order valence-corrected chi connectivity index (χ2v) is 6.34. The van der Waals surface area contributed by atoms with Gasteiger partial charge >= 0.3 is 0 Å². The summed E-state index contributed by atoms with van der Waals surface area (Å²) in [5.74, 6) is 0.781. The van der Waals surface area contributed by atoms with E-state index in [1.807, 2.05) is 11.4 Å². The molecule has 19 heavy (non-hydrogen) atoms. The first-order valence-corrected chi connectivity index (χ1v) is 7.77. The van der Waals surface area contributed by atoms with Gasteiger partial charge in [-0.15, -0.1) is 11.3 Å². The Kier molecular flexibility index (Phi) is 3.66. The lowest BCUT2D eigenvalue weighted by atomic mass is 10.0. The largest absolute Gasteiger partial charge is 0.301 e. The van der Waals surface area contributed by atoms with Crippen molar-refractivity contribution in [2.75, 3.05) is 19.6 Å². The highest BCUT2D eigenvalue weighted by molar-refractivity contribution is 7.17. The lowest BCUT2D eigenvalue weighted by Crippen LogP contribution is -2.37. The van der Waals surface area contributed by atoms with Gasteiger partial charge in [0, 0.05) is 19.6 Å². The smallest absolute Gasteiger partial charge is 0.271 e. The molecule has 3 heterocycles. The van der Waals surface area contributed by atoms with Gasteiger partial charge in [0.25, 0.3) is 5.56 Å². The average molecular weight is 277 g/mol. The fourth-order valence-electron chi connectivity index (χ4n) is 2.78. The van der Waals surface area contributed by atoms with Crippen LogP contribution in [0.4, 0.5) is 0 Å². The Hall–Kier alpha value is -1.20. The van der Waals surface area contributed by atoms with E-state index in [0.717, 1.165) is 42.3 Å². The van der Waals surface area contributed by atoms with E-state index in [1.165, 1.54) is 24.2 Å². The molecule has 3 rings (SSSR count). The Morgan fingerprint density at radius 2 is 2.37 bits per heavy atom. The molecular formula is C14H19N3OS. The van der Waals surface area contributed by atoms with Crippen molar-refractivity contribution >= 4 is 21.6 Å². The average Bonchev–Trinajstić information content (AvgIpc) is 2.87. The predicted octanol–water partition coefficient (Wildman–Crippen LogP) is 2.19. The molecule has 0 bridgehead atoms. The molecule has 2 aromatic heterocycles. The van der Waals surface area contributed by atoms with Gasteiger partial charge in [-0.2, -0.15) is 0 Å². The van der Waals surface area contributed by atoms with Crippen molar-refractivity contribution in [2.45, 2.75) is 26.3 Å². The van der Waals surface area contributed by atoms with Crippen molar-refractivity contribution in [3.63, 3.8) is 0 Å². The minimum absolute atomic E-state index is 0.102. The van der Waals surface area contributed by atoms with E-state index in [9.17, 15) is 4.79 Å². The molecule has 1 aliphatic heterocycles. The van der Waals surface area contributed by atoms with E-state index in [0.29, 0.717) is 0 Å². The molecule has 0 spiro atoms. The number of fused-ring (bicyclic) bond motifs is 1. The van der Waals surface area contributed by atoms with Gasteiger partial charge in [-0.1, -0.05) is 6.92 Å². The van der Waals surface area contributed by atoms with Gasteiger partial charge < -0.3 is 4.90 Å². The molecule has 4 nitrogen and oxygen atoms in total. The maximum Gasteiger partial charge on any atom is 0.271 e. The molecule has 1 atom stereocenters. The zero-order chi connectivity index (χ0) is 13.2. The molecule has 1 aliphatic rings. The monoisotopic (exact) mass is 277 g/mol. The number of hydrogen-bond acceptors (Lipinski definition) is 4. The van der Waals surface area contributed by atoms with Crippen LogP contribution in [-0.2, 0) is 6.54 Å². The van der Waals surface area contributed by atoms with Crippen molar-refractivity contribution in [1.29, 1.82) is 0 Å². The van der Waals surface area contributed by atoms with Crippen LogP contribution in [-0.4, -0.2) is 34.1 Å². The summed E-state index contributed by atoms with van der Waals surface area (Å²) in [5.41, 5.74) is 0.919. The normalized spacial score (nSPS) is 21.0. The summed E-state index contributed by atoms with van der Waals surface area (Å²) in [4.78, 5) is 19.0. The number of aromatic nitrogens is 2. The van der Waals surface area contributed by atoms with Crippen LogP contribution in [0.25, 0.3) is 10.2 Å². The number of hydrogen-bond donors (Lipinski definition) is 0. The van der Waals surface area contributed by atoms with Crippen LogP contribution in [0.3, 0.4) is 0 Å². The van der Waals surface area contributed by atoms with Crippen LogP contribution in [0.15, 0.2) is 22.6 Å². The third-order valence-corrected chi connectivity index (χ3v) is 4.73. The molecule has 0 N–H and O–H groups in total. The molecule has 0 amide bonds. The van der Waals surface area contributed by atoms with Gasteiger partial charge in [-0.05, 0) is 36.8 Å². The minimum atomic E-state index is 0.102. The third kappa shape index (κ3) is 2.72. The second-order valence-electron chi connectivity index (χ2n) is 5.43. The molecule has 102 valence electrons. The Morgan fingerprint density at radius 3 is 3.21 bits per heavy atom. The molecule has 0 aromatic carbocycles. The maximum atomic E-state index is 12.2. The van der Waals surface area contributed by atoms with Crippen LogP contribution in [0, 0.1) is 5.92 Å². The molecule has 5 heteroatoms. The summed E-state index contributed by atoms with van der Waals surface area (Å²) < 4.78 is 2.52. The first-order valence-electron chi connectivity index (χ1n) is 6.89. The Bertz CT molecular complexity index is 618. The SMILES string of the molecule is CC1CCCN(CCn2cnc3ccsc3c2=O)C1. The van der Waals surface area contributed by atoms with Crippen molar-refractivity contribution in [3.05, 3.63) is 28.1 Å². The maximum absolute atomic E-state index is 12.2. The second kappa shape index (κ2) is 5.43. The van der Waals surface area contributed by atoms with Crippen molar-refractivity contribution in [2.24, 2.45) is 5.92 Å².